The minimum absolute atomic E-state index is 0.0733. The molecule has 0 saturated carbocycles. The van der Waals surface area contributed by atoms with Crippen LogP contribution in [-0.2, 0) is 6.54 Å². The number of benzene rings is 1. The Balaban J connectivity index is 1.88. The van der Waals surface area contributed by atoms with Crippen molar-refractivity contribution in [3.63, 3.8) is 0 Å². The van der Waals surface area contributed by atoms with E-state index in [1.165, 1.54) is 6.07 Å². The summed E-state index contributed by atoms with van der Waals surface area (Å²) in [7, 11) is 0. The Morgan fingerprint density at radius 2 is 2.04 bits per heavy atom. The zero-order valence-corrected chi connectivity index (χ0v) is 16.0. The van der Waals surface area contributed by atoms with Gasteiger partial charge in [-0.2, -0.15) is 0 Å². The SMILES string of the molecule is CCNC(=NCc1sc(C)nc1C)NCCNc1ccccc1[N+](=O)[O-]. The maximum Gasteiger partial charge on any atom is 0.292 e. The lowest BCUT2D eigenvalue weighted by molar-refractivity contribution is -0.384. The number of hydrogen-bond acceptors (Lipinski definition) is 6. The third-order valence-electron chi connectivity index (χ3n) is 3.56. The third kappa shape index (κ3) is 5.69. The fourth-order valence-electron chi connectivity index (χ4n) is 2.37. The molecule has 0 unspecified atom stereocenters. The first kappa shape index (κ1) is 19.6. The number of para-hydroxylation sites is 2. The number of nitrogens with one attached hydrogen (secondary N) is 3. The van der Waals surface area contributed by atoms with Crippen molar-refractivity contribution >= 4 is 28.7 Å². The van der Waals surface area contributed by atoms with E-state index in [2.05, 4.69) is 25.9 Å². The minimum Gasteiger partial charge on any atom is -0.378 e. The minimum atomic E-state index is -0.388. The van der Waals surface area contributed by atoms with Gasteiger partial charge in [-0.25, -0.2) is 9.98 Å². The van der Waals surface area contributed by atoms with Gasteiger partial charge in [-0.3, -0.25) is 10.1 Å². The molecule has 0 atom stereocenters. The number of nitro benzene ring substituents is 1. The van der Waals surface area contributed by atoms with Crippen LogP contribution in [0, 0.1) is 24.0 Å². The molecule has 0 aliphatic heterocycles. The second kappa shape index (κ2) is 9.71. The Morgan fingerprint density at radius 1 is 1.27 bits per heavy atom. The molecule has 1 aromatic heterocycles. The van der Waals surface area contributed by atoms with Crippen LogP contribution in [0.3, 0.4) is 0 Å². The Kier molecular flexibility index (Phi) is 7.34. The molecule has 140 valence electrons. The normalized spacial score (nSPS) is 11.3. The number of aromatic nitrogens is 1. The summed E-state index contributed by atoms with van der Waals surface area (Å²) < 4.78 is 0. The van der Waals surface area contributed by atoms with Crippen LogP contribution in [0.2, 0.25) is 0 Å². The molecule has 1 aromatic carbocycles. The molecule has 0 spiro atoms. The molecule has 0 radical (unpaired) electrons. The Hall–Kier alpha value is -2.68. The molecular formula is C17H24N6O2S. The van der Waals surface area contributed by atoms with Crippen molar-refractivity contribution < 1.29 is 4.92 Å². The summed E-state index contributed by atoms with van der Waals surface area (Å²) >= 11 is 1.65. The molecule has 0 aliphatic rings. The number of guanidine groups is 1. The molecule has 9 heteroatoms. The van der Waals surface area contributed by atoms with Crippen molar-refractivity contribution in [3.05, 3.63) is 50.0 Å². The zero-order chi connectivity index (χ0) is 18.9. The lowest BCUT2D eigenvalue weighted by Gasteiger charge is -2.12. The molecule has 0 saturated heterocycles. The van der Waals surface area contributed by atoms with Crippen LogP contribution >= 0.6 is 11.3 Å². The molecule has 8 nitrogen and oxygen atoms in total. The maximum absolute atomic E-state index is 11.0. The largest absolute Gasteiger partial charge is 0.378 e. The van der Waals surface area contributed by atoms with Gasteiger partial charge in [0.2, 0.25) is 0 Å². The second-order valence-electron chi connectivity index (χ2n) is 5.56. The zero-order valence-electron chi connectivity index (χ0n) is 15.2. The van der Waals surface area contributed by atoms with Crippen molar-refractivity contribution in [1.82, 2.24) is 15.6 Å². The van der Waals surface area contributed by atoms with E-state index in [1.807, 2.05) is 20.8 Å². The number of aryl methyl sites for hydroxylation is 2. The highest BCUT2D eigenvalue weighted by Crippen LogP contribution is 2.22. The summed E-state index contributed by atoms with van der Waals surface area (Å²) in [5, 5.41) is 21.6. The van der Waals surface area contributed by atoms with E-state index in [9.17, 15) is 10.1 Å². The highest BCUT2D eigenvalue weighted by Gasteiger charge is 2.11. The fraction of sp³-hybridized carbons (Fsp3) is 0.412. The number of hydrogen-bond donors (Lipinski definition) is 3. The van der Waals surface area contributed by atoms with E-state index in [4.69, 9.17) is 0 Å². The van der Waals surface area contributed by atoms with Gasteiger partial charge in [0.05, 0.1) is 22.2 Å². The molecule has 2 rings (SSSR count). The summed E-state index contributed by atoms with van der Waals surface area (Å²) in [6.07, 6.45) is 0. The monoisotopic (exact) mass is 376 g/mol. The van der Waals surface area contributed by atoms with Crippen LogP contribution in [0.1, 0.15) is 22.5 Å². The molecule has 1 heterocycles. The van der Waals surface area contributed by atoms with Crippen LogP contribution in [-0.4, -0.2) is 35.5 Å². The van der Waals surface area contributed by atoms with Crippen molar-refractivity contribution in [2.24, 2.45) is 4.99 Å². The van der Waals surface area contributed by atoms with Gasteiger partial charge in [0.15, 0.2) is 5.96 Å². The van der Waals surface area contributed by atoms with Crippen LogP contribution in [0.25, 0.3) is 0 Å². The number of thiazole rings is 1. The van der Waals surface area contributed by atoms with E-state index in [1.54, 1.807) is 29.5 Å². The number of nitro groups is 1. The van der Waals surface area contributed by atoms with Gasteiger partial charge in [-0.05, 0) is 26.8 Å². The van der Waals surface area contributed by atoms with E-state index in [0.29, 0.717) is 31.3 Å². The van der Waals surface area contributed by atoms with E-state index in [-0.39, 0.29) is 10.6 Å². The predicted molar refractivity (Wildman–Crippen MR) is 106 cm³/mol. The quantitative estimate of drug-likeness (QED) is 0.215. The number of anilines is 1. The first-order chi connectivity index (χ1) is 12.5. The Bertz CT molecular complexity index is 774. The number of rotatable bonds is 8. The molecule has 0 bridgehead atoms. The molecule has 3 N–H and O–H groups in total. The predicted octanol–water partition coefficient (Wildman–Crippen LogP) is 2.84. The van der Waals surface area contributed by atoms with Gasteiger partial charge in [0, 0.05) is 30.6 Å². The van der Waals surface area contributed by atoms with Crippen LogP contribution in [0.4, 0.5) is 11.4 Å². The lowest BCUT2D eigenvalue weighted by atomic mass is 10.2. The molecule has 0 aliphatic carbocycles. The van der Waals surface area contributed by atoms with Gasteiger partial charge < -0.3 is 16.0 Å². The van der Waals surface area contributed by atoms with Gasteiger partial charge in [-0.15, -0.1) is 11.3 Å². The molecule has 2 aromatic rings. The summed E-state index contributed by atoms with van der Waals surface area (Å²) in [5.74, 6) is 0.710. The standard InChI is InChI=1S/C17H24N6O2S/c1-4-18-17(21-11-16-12(2)22-13(3)26-16)20-10-9-19-14-7-5-6-8-15(14)23(24)25/h5-8,19H,4,9-11H2,1-3H3,(H2,18,20,21). The van der Waals surface area contributed by atoms with Gasteiger partial charge in [0.1, 0.15) is 5.69 Å². The smallest absolute Gasteiger partial charge is 0.292 e. The van der Waals surface area contributed by atoms with E-state index < -0.39 is 0 Å². The first-order valence-corrected chi connectivity index (χ1v) is 9.25. The first-order valence-electron chi connectivity index (χ1n) is 8.43. The number of aliphatic imine (C=N–C) groups is 1. The third-order valence-corrected chi connectivity index (χ3v) is 4.62. The van der Waals surface area contributed by atoms with Crippen LogP contribution in [0.15, 0.2) is 29.3 Å². The summed E-state index contributed by atoms with van der Waals surface area (Å²) in [5.41, 5.74) is 1.60. The highest BCUT2D eigenvalue weighted by molar-refractivity contribution is 7.11. The Morgan fingerprint density at radius 3 is 2.69 bits per heavy atom. The topological polar surface area (TPSA) is 104 Å². The summed E-state index contributed by atoms with van der Waals surface area (Å²) in [4.78, 5) is 20.8. The van der Waals surface area contributed by atoms with Gasteiger partial charge in [0.25, 0.3) is 5.69 Å². The van der Waals surface area contributed by atoms with Crippen molar-refractivity contribution in [2.75, 3.05) is 25.0 Å². The second-order valence-corrected chi connectivity index (χ2v) is 6.85. The van der Waals surface area contributed by atoms with Crippen LogP contribution < -0.4 is 16.0 Å². The molecule has 26 heavy (non-hydrogen) atoms. The maximum atomic E-state index is 11.0. The molecule has 0 amide bonds. The van der Waals surface area contributed by atoms with Crippen molar-refractivity contribution in [3.8, 4) is 0 Å². The number of nitrogens with zero attached hydrogens (tertiary/aromatic N) is 3. The van der Waals surface area contributed by atoms with Crippen molar-refractivity contribution in [1.29, 1.82) is 0 Å². The summed E-state index contributed by atoms with van der Waals surface area (Å²) in [6.45, 7) is 8.43. The average molecular weight is 376 g/mol. The molecular weight excluding hydrogens is 352 g/mol. The fourth-order valence-corrected chi connectivity index (χ4v) is 3.23. The average Bonchev–Trinajstić information content (AvgIpc) is 2.94. The summed E-state index contributed by atoms with van der Waals surface area (Å²) in [6, 6.07) is 6.61. The highest BCUT2D eigenvalue weighted by atomic mass is 32.1. The van der Waals surface area contributed by atoms with Gasteiger partial charge >= 0.3 is 0 Å². The van der Waals surface area contributed by atoms with Crippen molar-refractivity contribution in [2.45, 2.75) is 27.3 Å². The van der Waals surface area contributed by atoms with Gasteiger partial charge in [-0.1, -0.05) is 12.1 Å². The molecule has 0 fully saturated rings. The van der Waals surface area contributed by atoms with Crippen LogP contribution in [0.5, 0.6) is 0 Å². The Labute approximate surface area is 156 Å². The lowest BCUT2D eigenvalue weighted by Crippen LogP contribution is -2.39. The van der Waals surface area contributed by atoms with E-state index in [0.717, 1.165) is 22.1 Å². The van der Waals surface area contributed by atoms with E-state index >= 15 is 0 Å².